The Balaban J connectivity index is 1.13. The van der Waals surface area contributed by atoms with Crippen LogP contribution in [0, 0.1) is 18.8 Å². The average molecular weight is 612 g/mol. The van der Waals surface area contributed by atoms with Gasteiger partial charge >= 0.3 is 0 Å². The molecule has 5 rings (SSSR count). The van der Waals surface area contributed by atoms with Crippen molar-refractivity contribution in [3.8, 4) is 11.3 Å². The first kappa shape index (κ1) is 32.2. The van der Waals surface area contributed by atoms with Crippen LogP contribution >= 0.6 is 11.6 Å². The predicted molar refractivity (Wildman–Crippen MR) is 188 cm³/mol. The topological polar surface area (TPSA) is 56.8 Å². The van der Waals surface area contributed by atoms with Crippen molar-refractivity contribution < 1.29 is 0 Å². The van der Waals surface area contributed by atoms with Crippen molar-refractivity contribution in [1.29, 1.82) is 0 Å². The van der Waals surface area contributed by atoms with Gasteiger partial charge in [-0.1, -0.05) is 67.8 Å². The fourth-order valence-corrected chi connectivity index (χ4v) is 7.01. The van der Waals surface area contributed by atoms with Crippen molar-refractivity contribution in [2.24, 2.45) is 11.8 Å². The molecule has 44 heavy (non-hydrogen) atoms. The van der Waals surface area contributed by atoms with Crippen LogP contribution in [0.25, 0.3) is 22.2 Å². The Morgan fingerprint density at radius 2 is 1.73 bits per heavy atom. The molecular formula is C38H50ClN5. The van der Waals surface area contributed by atoms with Gasteiger partial charge in [0, 0.05) is 42.7 Å². The maximum absolute atomic E-state index is 6.20. The van der Waals surface area contributed by atoms with E-state index in [4.69, 9.17) is 21.6 Å². The van der Waals surface area contributed by atoms with E-state index in [9.17, 15) is 0 Å². The summed E-state index contributed by atoms with van der Waals surface area (Å²) in [5.74, 6) is 3.92. The molecule has 2 aromatic heterocycles. The molecule has 0 bridgehead atoms. The Bertz CT molecular complexity index is 1530. The quantitative estimate of drug-likeness (QED) is 0.148. The van der Waals surface area contributed by atoms with Crippen LogP contribution in [-0.2, 0) is 13.0 Å². The number of rotatable bonds is 13. The molecule has 234 valence electrons. The summed E-state index contributed by atoms with van der Waals surface area (Å²) < 4.78 is 0. The zero-order valence-corrected chi connectivity index (χ0v) is 28.1. The molecule has 1 saturated carbocycles. The molecule has 4 aromatic rings. The molecule has 2 heterocycles. The monoisotopic (exact) mass is 611 g/mol. The van der Waals surface area contributed by atoms with Crippen LogP contribution in [0.5, 0.6) is 0 Å². The highest BCUT2D eigenvalue weighted by molar-refractivity contribution is 6.30. The third-order valence-electron chi connectivity index (χ3n) is 9.53. The molecular weight excluding hydrogens is 562 g/mol. The number of aromatic amines is 1. The maximum Gasteiger partial charge on any atom is 0.139 e. The van der Waals surface area contributed by atoms with Gasteiger partial charge in [-0.3, -0.25) is 0 Å². The van der Waals surface area contributed by atoms with E-state index in [1.54, 1.807) is 0 Å². The highest BCUT2D eigenvalue weighted by Gasteiger charge is 2.23. The fraction of sp³-hybridized carbons (Fsp3) is 0.474. The first-order chi connectivity index (χ1) is 21.3. The number of allylic oxidation sites excluding steroid dienone is 2. The van der Waals surface area contributed by atoms with Crippen LogP contribution in [0.1, 0.15) is 87.4 Å². The van der Waals surface area contributed by atoms with Gasteiger partial charge in [0.25, 0.3) is 0 Å². The van der Waals surface area contributed by atoms with E-state index in [1.807, 2.05) is 12.1 Å². The van der Waals surface area contributed by atoms with Gasteiger partial charge in [-0.15, -0.1) is 0 Å². The van der Waals surface area contributed by atoms with E-state index in [1.165, 1.54) is 60.2 Å². The van der Waals surface area contributed by atoms with Gasteiger partial charge in [-0.2, -0.15) is 0 Å². The van der Waals surface area contributed by atoms with E-state index in [-0.39, 0.29) is 0 Å². The lowest BCUT2D eigenvalue weighted by atomic mass is 9.79. The molecule has 1 atom stereocenters. The number of halogens is 1. The van der Waals surface area contributed by atoms with Gasteiger partial charge in [-0.05, 0) is 112 Å². The summed E-state index contributed by atoms with van der Waals surface area (Å²) in [5, 5.41) is 5.76. The number of nitrogens with zero attached hydrogens (tertiary/aromatic N) is 3. The Labute approximate surface area is 269 Å². The number of benzene rings is 2. The van der Waals surface area contributed by atoms with Gasteiger partial charge < -0.3 is 15.2 Å². The minimum atomic E-state index is 0.361. The zero-order chi connectivity index (χ0) is 31.1. The second kappa shape index (κ2) is 15.2. The Kier molecular flexibility index (Phi) is 11.2. The van der Waals surface area contributed by atoms with Crippen molar-refractivity contribution in [2.45, 2.75) is 84.6 Å². The molecule has 1 fully saturated rings. The number of hydrogen-bond donors (Lipinski definition) is 2. The summed E-state index contributed by atoms with van der Waals surface area (Å²) in [7, 11) is 4.14. The normalized spacial score (nSPS) is 17.9. The van der Waals surface area contributed by atoms with Gasteiger partial charge in [0.05, 0.1) is 11.2 Å². The van der Waals surface area contributed by atoms with Crippen LogP contribution in [0.3, 0.4) is 0 Å². The van der Waals surface area contributed by atoms with Crippen LogP contribution in [0.15, 0.2) is 60.7 Å². The third-order valence-corrected chi connectivity index (χ3v) is 9.79. The van der Waals surface area contributed by atoms with Crippen molar-refractivity contribution in [2.75, 3.05) is 25.5 Å². The van der Waals surface area contributed by atoms with Crippen LogP contribution in [-0.4, -0.2) is 35.6 Å². The van der Waals surface area contributed by atoms with E-state index in [0.29, 0.717) is 5.92 Å². The minimum Gasteiger partial charge on any atom is -0.362 e. The molecule has 1 unspecified atom stereocenters. The molecule has 1 aliphatic carbocycles. The molecule has 5 nitrogen and oxygen atoms in total. The number of aryl methyl sites for hydroxylation is 1. The molecule has 0 spiro atoms. The largest absolute Gasteiger partial charge is 0.362 e. The summed E-state index contributed by atoms with van der Waals surface area (Å²) in [4.78, 5) is 15.8. The summed E-state index contributed by atoms with van der Waals surface area (Å²) >= 11 is 6.20. The van der Waals surface area contributed by atoms with E-state index in [2.05, 4.69) is 98.6 Å². The standard InChI is InChI=1S/C38H50ClN5/c1-6-7-8-11-32-27(3)41-36(30-20-22-31(39)23-21-30)34(32)25-40-24-29-18-16-28(17-19-29)15-14-26(2)37-42-35-13-10-9-12-33(35)38(43-37)44(4)5/h6-7,9-10,12-13,20-23,26,28-29,40-41H,8,11,14-19,24-25H2,1-5H3/b7-6-. The Morgan fingerprint density at radius 3 is 2.45 bits per heavy atom. The molecule has 0 amide bonds. The predicted octanol–water partition coefficient (Wildman–Crippen LogP) is 9.64. The average Bonchev–Trinajstić information content (AvgIpc) is 3.34. The highest BCUT2D eigenvalue weighted by atomic mass is 35.5. The van der Waals surface area contributed by atoms with Gasteiger partial charge in [-0.25, -0.2) is 9.97 Å². The lowest BCUT2D eigenvalue weighted by molar-refractivity contribution is 0.250. The van der Waals surface area contributed by atoms with Gasteiger partial charge in [0.15, 0.2) is 0 Å². The summed E-state index contributed by atoms with van der Waals surface area (Å²) in [6.45, 7) is 8.59. The van der Waals surface area contributed by atoms with Crippen molar-refractivity contribution in [1.82, 2.24) is 20.3 Å². The second-order valence-electron chi connectivity index (χ2n) is 13.0. The third kappa shape index (κ3) is 7.92. The van der Waals surface area contributed by atoms with Gasteiger partial charge in [0.2, 0.25) is 0 Å². The lowest BCUT2D eigenvalue weighted by Gasteiger charge is -2.29. The number of H-pyrrole nitrogens is 1. The van der Waals surface area contributed by atoms with Gasteiger partial charge in [0.1, 0.15) is 11.6 Å². The fourth-order valence-electron chi connectivity index (χ4n) is 6.89. The summed E-state index contributed by atoms with van der Waals surface area (Å²) in [6, 6.07) is 16.6. The van der Waals surface area contributed by atoms with Crippen molar-refractivity contribution >= 4 is 28.3 Å². The summed E-state index contributed by atoms with van der Waals surface area (Å²) in [5.41, 5.74) is 7.61. The number of nitrogens with one attached hydrogen (secondary N) is 2. The smallest absolute Gasteiger partial charge is 0.139 e. The second-order valence-corrected chi connectivity index (χ2v) is 13.4. The molecule has 1 aliphatic rings. The zero-order valence-electron chi connectivity index (χ0n) is 27.3. The first-order valence-corrected chi connectivity index (χ1v) is 16.9. The minimum absolute atomic E-state index is 0.361. The lowest BCUT2D eigenvalue weighted by Crippen LogP contribution is -2.26. The van der Waals surface area contributed by atoms with Crippen LogP contribution in [0.2, 0.25) is 5.02 Å². The maximum atomic E-state index is 6.20. The molecule has 2 aromatic carbocycles. The highest BCUT2D eigenvalue weighted by Crippen LogP contribution is 2.35. The van der Waals surface area contributed by atoms with E-state index < -0.39 is 0 Å². The first-order valence-electron chi connectivity index (χ1n) is 16.6. The molecule has 0 saturated heterocycles. The Morgan fingerprint density at radius 1 is 1.00 bits per heavy atom. The van der Waals surface area contributed by atoms with E-state index in [0.717, 1.165) is 71.8 Å². The van der Waals surface area contributed by atoms with Crippen molar-refractivity contribution in [3.05, 3.63) is 88.4 Å². The number of anilines is 1. The molecule has 0 aliphatic heterocycles. The summed E-state index contributed by atoms with van der Waals surface area (Å²) in [6.07, 6.45) is 14.2. The van der Waals surface area contributed by atoms with Crippen LogP contribution < -0.4 is 10.2 Å². The van der Waals surface area contributed by atoms with Crippen molar-refractivity contribution in [3.63, 3.8) is 0 Å². The molecule has 0 radical (unpaired) electrons. The van der Waals surface area contributed by atoms with Crippen LogP contribution in [0.4, 0.5) is 5.82 Å². The molecule has 2 N–H and O–H groups in total. The number of fused-ring (bicyclic) bond motifs is 1. The molecule has 6 heteroatoms. The number of hydrogen-bond acceptors (Lipinski definition) is 4. The number of para-hydroxylation sites is 1. The Hall–Kier alpha value is -3.15. The van der Waals surface area contributed by atoms with E-state index >= 15 is 0 Å². The number of aromatic nitrogens is 3. The SMILES string of the molecule is C/C=C\CCc1c(C)[nH]c(-c2ccc(Cl)cc2)c1CNCC1CCC(CCC(C)c2nc(N(C)C)c3ccccc3n2)CC1.